The van der Waals surface area contributed by atoms with Crippen molar-refractivity contribution in [1.82, 2.24) is 4.90 Å². The second kappa shape index (κ2) is 5.41. The second-order valence-corrected chi connectivity index (χ2v) is 5.79. The molecule has 0 amide bonds. The van der Waals surface area contributed by atoms with Crippen LogP contribution in [0.15, 0.2) is 30.3 Å². The van der Waals surface area contributed by atoms with Crippen molar-refractivity contribution in [2.45, 2.75) is 44.2 Å². The Kier molecular flexibility index (Phi) is 3.67. The molecule has 2 aliphatic heterocycles. The molecule has 18 heavy (non-hydrogen) atoms. The summed E-state index contributed by atoms with van der Waals surface area (Å²) in [5.41, 5.74) is 1.61. The largest absolute Gasteiger partial charge is 0.374 e. The maximum absolute atomic E-state index is 6.13. The zero-order valence-corrected chi connectivity index (χ0v) is 11.1. The number of benzene rings is 1. The molecule has 1 spiro atoms. The molecule has 2 saturated heterocycles. The fourth-order valence-corrected chi connectivity index (χ4v) is 3.40. The maximum atomic E-state index is 6.13. The molecule has 98 valence electrons. The van der Waals surface area contributed by atoms with E-state index in [9.17, 15) is 0 Å². The van der Waals surface area contributed by atoms with Gasteiger partial charge >= 0.3 is 0 Å². The Bertz CT molecular complexity index is 364. The summed E-state index contributed by atoms with van der Waals surface area (Å²) in [6.45, 7) is 4.40. The minimum atomic E-state index is 0.186. The van der Waals surface area contributed by atoms with Crippen LogP contribution in [0.3, 0.4) is 0 Å². The molecule has 0 bridgehead atoms. The highest BCUT2D eigenvalue weighted by Crippen LogP contribution is 2.34. The van der Waals surface area contributed by atoms with Crippen molar-refractivity contribution >= 4 is 0 Å². The Labute approximate surface area is 110 Å². The van der Waals surface area contributed by atoms with E-state index in [0.29, 0.717) is 0 Å². The van der Waals surface area contributed by atoms with Crippen molar-refractivity contribution in [1.29, 1.82) is 0 Å². The fraction of sp³-hybridized carbons (Fsp3) is 0.625. The van der Waals surface area contributed by atoms with Gasteiger partial charge in [-0.3, -0.25) is 4.90 Å². The smallest absolute Gasteiger partial charge is 0.0809 e. The summed E-state index contributed by atoms with van der Waals surface area (Å²) < 4.78 is 6.13. The highest BCUT2D eigenvalue weighted by atomic mass is 16.5. The van der Waals surface area contributed by atoms with Crippen LogP contribution in [-0.2, 0) is 11.3 Å². The zero-order valence-electron chi connectivity index (χ0n) is 11.1. The van der Waals surface area contributed by atoms with E-state index >= 15 is 0 Å². The van der Waals surface area contributed by atoms with Crippen molar-refractivity contribution in [2.75, 3.05) is 19.7 Å². The lowest BCUT2D eigenvalue weighted by Gasteiger charge is -2.45. The van der Waals surface area contributed by atoms with Crippen LogP contribution in [0.4, 0.5) is 0 Å². The predicted molar refractivity (Wildman–Crippen MR) is 73.5 cm³/mol. The van der Waals surface area contributed by atoms with Crippen LogP contribution in [-0.4, -0.2) is 30.2 Å². The molecule has 1 aromatic rings. The third-order valence-electron chi connectivity index (χ3n) is 4.30. The third-order valence-corrected chi connectivity index (χ3v) is 4.30. The molecule has 0 radical (unpaired) electrons. The first-order valence-electron chi connectivity index (χ1n) is 7.27. The Hall–Kier alpha value is -0.860. The summed E-state index contributed by atoms with van der Waals surface area (Å²) >= 11 is 0. The van der Waals surface area contributed by atoms with E-state index in [-0.39, 0.29) is 5.60 Å². The van der Waals surface area contributed by atoms with Crippen LogP contribution >= 0.6 is 0 Å². The molecular formula is C16H23NO. The number of hydrogen-bond donors (Lipinski definition) is 0. The van der Waals surface area contributed by atoms with Gasteiger partial charge < -0.3 is 4.74 Å². The van der Waals surface area contributed by atoms with Crippen molar-refractivity contribution in [3.05, 3.63) is 35.9 Å². The third kappa shape index (κ3) is 2.76. The average molecular weight is 245 g/mol. The Balaban J connectivity index is 1.63. The monoisotopic (exact) mass is 245 g/mol. The molecule has 2 aliphatic rings. The summed E-state index contributed by atoms with van der Waals surface area (Å²) in [6.07, 6.45) is 6.41. The minimum absolute atomic E-state index is 0.186. The van der Waals surface area contributed by atoms with Crippen LogP contribution < -0.4 is 0 Å². The maximum Gasteiger partial charge on any atom is 0.0809 e. The highest BCUT2D eigenvalue weighted by molar-refractivity contribution is 5.14. The van der Waals surface area contributed by atoms with Crippen LogP contribution in [0.5, 0.6) is 0 Å². The van der Waals surface area contributed by atoms with Gasteiger partial charge in [0.25, 0.3) is 0 Å². The van der Waals surface area contributed by atoms with Crippen LogP contribution in [0.1, 0.15) is 37.7 Å². The van der Waals surface area contributed by atoms with Crippen molar-refractivity contribution in [3.63, 3.8) is 0 Å². The molecule has 0 aromatic heterocycles. The molecule has 1 unspecified atom stereocenters. The molecule has 2 fully saturated rings. The predicted octanol–water partition coefficient (Wildman–Crippen LogP) is 3.22. The van der Waals surface area contributed by atoms with E-state index in [4.69, 9.17) is 4.74 Å². The Morgan fingerprint density at radius 3 is 2.67 bits per heavy atom. The summed E-state index contributed by atoms with van der Waals surface area (Å²) in [4.78, 5) is 2.57. The highest BCUT2D eigenvalue weighted by Gasteiger charge is 2.37. The Morgan fingerprint density at radius 1 is 1.06 bits per heavy atom. The standard InChI is InChI=1S/C16H23NO/c1-2-7-15(8-3-1)13-17-11-6-10-16(14-17)9-4-5-12-18-16/h1-3,7-8H,4-6,9-14H2. The number of ether oxygens (including phenoxy) is 1. The Morgan fingerprint density at radius 2 is 1.89 bits per heavy atom. The second-order valence-electron chi connectivity index (χ2n) is 5.79. The van der Waals surface area contributed by atoms with Crippen LogP contribution in [0.2, 0.25) is 0 Å². The van der Waals surface area contributed by atoms with Gasteiger partial charge in [0.1, 0.15) is 0 Å². The first-order chi connectivity index (χ1) is 8.86. The van der Waals surface area contributed by atoms with Crippen LogP contribution in [0, 0.1) is 0 Å². The van der Waals surface area contributed by atoms with Crippen molar-refractivity contribution in [2.24, 2.45) is 0 Å². The lowest BCUT2D eigenvalue weighted by Crippen LogP contribution is -2.50. The van der Waals surface area contributed by atoms with Gasteiger partial charge in [0, 0.05) is 19.7 Å². The van der Waals surface area contributed by atoms with Crippen molar-refractivity contribution in [3.8, 4) is 0 Å². The van der Waals surface area contributed by atoms with E-state index in [1.165, 1.54) is 44.2 Å². The normalized spacial score (nSPS) is 29.6. The lowest BCUT2D eigenvalue weighted by atomic mass is 9.85. The van der Waals surface area contributed by atoms with Crippen molar-refractivity contribution < 1.29 is 4.74 Å². The van der Waals surface area contributed by atoms with Gasteiger partial charge in [-0.25, -0.2) is 0 Å². The van der Waals surface area contributed by atoms with E-state index < -0.39 is 0 Å². The summed E-state index contributed by atoms with van der Waals surface area (Å²) in [5.74, 6) is 0. The first kappa shape index (κ1) is 12.2. The zero-order chi connectivity index (χ0) is 12.3. The number of rotatable bonds is 2. The van der Waals surface area contributed by atoms with E-state index in [1.54, 1.807) is 0 Å². The van der Waals surface area contributed by atoms with E-state index in [0.717, 1.165) is 19.7 Å². The number of nitrogens with zero attached hydrogens (tertiary/aromatic N) is 1. The number of piperidine rings is 1. The molecule has 2 heteroatoms. The molecule has 3 rings (SSSR count). The summed E-state index contributed by atoms with van der Waals surface area (Å²) in [6, 6.07) is 10.8. The molecule has 1 atom stereocenters. The first-order valence-corrected chi connectivity index (χ1v) is 7.27. The fourth-order valence-electron chi connectivity index (χ4n) is 3.40. The van der Waals surface area contributed by atoms with Gasteiger partial charge in [0.2, 0.25) is 0 Å². The topological polar surface area (TPSA) is 12.5 Å². The number of hydrogen-bond acceptors (Lipinski definition) is 2. The van der Waals surface area contributed by atoms with Crippen LogP contribution in [0.25, 0.3) is 0 Å². The van der Waals surface area contributed by atoms with Gasteiger partial charge in [-0.05, 0) is 44.2 Å². The molecule has 0 N–H and O–H groups in total. The molecule has 0 aliphatic carbocycles. The summed E-state index contributed by atoms with van der Waals surface area (Å²) in [7, 11) is 0. The van der Waals surface area contributed by atoms with Gasteiger partial charge in [-0.1, -0.05) is 30.3 Å². The SMILES string of the molecule is c1ccc(CN2CCCC3(CCCCO3)C2)cc1. The molecule has 2 heterocycles. The van der Waals surface area contributed by atoms with Gasteiger partial charge in [0.05, 0.1) is 5.60 Å². The lowest BCUT2D eigenvalue weighted by molar-refractivity contribution is -0.117. The van der Waals surface area contributed by atoms with Gasteiger partial charge in [-0.2, -0.15) is 0 Å². The quantitative estimate of drug-likeness (QED) is 0.793. The average Bonchev–Trinajstić information content (AvgIpc) is 2.41. The van der Waals surface area contributed by atoms with E-state index in [2.05, 4.69) is 35.2 Å². The number of likely N-dealkylation sites (tertiary alicyclic amines) is 1. The molecule has 0 saturated carbocycles. The molecular weight excluding hydrogens is 222 g/mol. The minimum Gasteiger partial charge on any atom is -0.374 e. The summed E-state index contributed by atoms with van der Waals surface area (Å²) in [5, 5.41) is 0. The molecule has 1 aromatic carbocycles. The molecule has 2 nitrogen and oxygen atoms in total. The van der Waals surface area contributed by atoms with E-state index in [1.807, 2.05) is 0 Å². The van der Waals surface area contributed by atoms with Gasteiger partial charge in [-0.15, -0.1) is 0 Å². The van der Waals surface area contributed by atoms with Gasteiger partial charge in [0.15, 0.2) is 0 Å².